The van der Waals surface area contributed by atoms with Crippen LogP contribution in [0.3, 0.4) is 0 Å². The van der Waals surface area contributed by atoms with Gasteiger partial charge >= 0.3 is 0 Å². The lowest BCUT2D eigenvalue weighted by molar-refractivity contribution is -0.00223. The van der Waals surface area contributed by atoms with Gasteiger partial charge in [-0.25, -0.2) is 0 Å². The number of hydrogen-bond acceptors (Lipinski definition) is 3. The van der Waals surface area contributed by atoms with Crippen molar-refractivity contribution in [3.05, 3.63) is 16.9 Å². The molecular weight excluding hydrogens is 216 g/mol. The van der Waals surface area contributed by atoms with E-state index in [2.05, 4.69) is 5.10 Å². The average molecular weight is 233 g/mol. The summed E-state index contributed by atoms with van der Waals surface area (Å²) in [7, 11) is 0. The molecule has 86 valence electrons. The minimum atomic E-state index is -0.554. The molecule has 0 spiro atoms. The Bertz CT molecular complexity index is 312. The maximum Gasteiger partial charge on any atom is 0.0969 e. The van der Waals surface area contributed by atoms with E-state index in [1.807, 2.05) is 20.8 Å². The zero-order chi connectivity index (χ0) is 11.4. The molecule has 0 aromatic carbocycles. The smallest absolute Gasteiger partial charge is 0.0969 e. The summed E-state index contributed by atoms with van der Waals surface area (Å²) in [5.41, 5.74) is 0.861. The summed E-state index contributed by atoms with van der Waals surface area (Å²) in [5.74, 6) is 0. The Labute approximate surface area is 94.8 Å². The Hall–Kier alpha value is -0.580. The fraction of sp³-hybridized carbons (Fsp3) is 0.700. The van der Waals surface area contributed by atoms with Crippen molar-refractivity contribution >= 4 is 11.6 Å². The zero-order valence-corrected chi connectivity index (χ0v) is 10.0. The summed E-state index contributed by atoms with van der Waals surface area (Å²) in [6.45, 7) is 6.46. The number of aromatic nitrogens is 2. The molecule has 0 amide bonds. The van der Waals surface area contributed by atoms with E-state index < -0.39 is 6.10 Å². The first-order valence-corrected chi connectivity index (χ1v) is 5.36. The third-order valence-electron chi connectivity index (χ3n) is 2.05. The number of rotatable bonds is 5. The molecule has 1 aromatic rings. The Balaban J connectivity index is 2.44. The summed E-state index contributed by atoms with van der Waals surface area (Å²) >= 11 is 5.84. The monoisotopic (exact) mass is 232 g/mol. The minimum Gasteiger partial charge on any atom is -0.389 e. The van der Waals surface area contributed by atoms with E-state index in [0.29, 0.717) is 18.2 Å². The summed E-state index contributed by atoms with van der Waals surface area (Å²) in [6, 6.07) is 0. The van der Waals surface area contributed by atoms with Crippen molar-refractivity contribution in [3.63, 3.8) is 0 Å². The normalized spacial score (nSPS) is 13.5. The van der Waals surface area contributed by atoms with Gasteiger partial charge in [-0.1, -0.05) is 11.6 Å². The quantitative estimate of drug-likeness (QED) is 0.840. The zero-order valence-electron chi connectivity index (χ0n) is 9.27. The van der Waals surface area contributed by atoms with Crippen molar-refractivity contribution in [2.75, 3.05) is 6.61 Å². The van der Waals surface area contributed by atoms with Crippen LogP contribution in [0, 0.1) is 6.92 Å². The van der Waals surface area contributed by atoms with Crippen LogP contribution in [0.5, 0.6) is 0 Å². The predicted octanol–water partition coefficient (Wildman–Crippen LogP) is 1.63. The first kappa shape index (κ1) is 12.5. The van der Waals surface area contributed by atoms with Crippen molar-refractivity contribution in [3.8, 4) is 0 Å². The van der Waals surface area contributed by atoms with Gasteiger partial charge in [0.2, 0.25) is 0 Å². The number of halogens is 1. The van der Waals surface area contributed by atoms with Gasteiger partial charge in [0.25, 0.3) is 0 Å². The second-order valence-corrected chi connectivity index (χ2v) is 4.20. The maximum absolute atomic E-state index is 9.66. The van der Waals surface area contributed by atoms with Crippen LogP contribution in [0.2, 0.25) is 5.02 Å². The summed E-state index contributed by atoms with van der Waals surface area (Å²) < 4.78 is 6.98. The molecule has 5 heteroatoms. The van der Waals surface area contributed by atoms with Crippen LogP contribution < -0.4 is 0 Å². The van der Waals surface area contributed by atoms with Crippen LogP contribution in [-0.4, -0.2) is 33.7 Å². The van der Waals surface area contributed by atoms with Crippen LogP contribution in [0.25, 0.3) is 0 Å². The van der Waals surface area contributed by atoms with Crippen LogP contribution in [0.4, 0.5) is 0 Å². The molecule has 0 aliphatic carbocycles. The predicted molar refractivity (Wildman–Crippen MR) is 59.1 cm³/mol. The van der Waals surface area contributed by atoms with E-state index in [9.17, 15) is 5.11 Å². The fourth-order valence-corrected chi connectivity index (χ4v) is 1.30. The second-order valence-electron chi connectivity index (χ2n) is 3.80. The Kier molecular flexibility index (Phi) is 4.57. The van der Waals surface area contributed by atoms with E-state index in [1.54, 1.807) is 10.9 Å². The summed E-state index contributed by atoms with van der Waals surface area (Å²) in [4.78, 5) is 0. The molecule has 1 unspecified atom stereocenters. The van der Waals surface area contributed by atoms with Gasteiger partial charge in [0.15, 0.2) is 0 Å². The lowest BCUT2D eigenvalue weighted by atomic mass is 10.3. The minimum absolute atomic E-state index is 0.127. The van der Waals surface area contributed by atoms with Gasteiger partial charge in [-0.3, -0.25) is 4.68 Å². The van der Waals surface area contributed by atoms with E-state index in [1.165, 1.54) is 0 Å². The molecule has 1 atom stereocenters. The van der Waals surface area contributed by atoms with Gasteiger partial charge in [-0.2, -0.15) is 5.10 Å². The highest BCUT2D eigenvalue weighted by atomic mass is 35.5. The van der Waals surface area contributed by atoms with Gasteiger partial charge in [-0.15, -0.1) is 0 Å². The summed E-state index contributed by atoms with van der Waals surface area (Å²) in [6.07, 6.45) is 1.15. The van der Waals surface area contributed by atoms with E-state index in [-0.39, 0.29) is 6.10 Å². The molecule has 0 saturated heterocycles. The van der Waals surface area contributed by atoms with Crippen molar-refractivity contribution in [2.24, 2.45) is 0 Å². The van der Waals surface area contributed by atoms with Crippen LogP contribution in [-0.2, 0) is 11.3 Å². The fourth-order valence-electron chi connectivity index (χ4n) is 1.16. The number of nitrogens with zero attached hydrogens (tertiary/aromatic N) is 2. The molecule has 1 N–H and O–H groups in total. The largest absolute Gasteiger partial charge is 0.389 e. The molecule has 0 aliphatic heterocycles. The molecule has 0 aliphatic rings. The highest BCUT2D eigenvalue weighted by Gasteiger charge is 2.10. The number of ether oxygens (including phenoxy) is 1. The van der Waals surface area contributed by atoms with E-state index in [4.69, 9.17) is 16.3 Å². The van der Waals surface area contributed by atoms with Crippen LogP contribution in [0.15, 0.2) is 6.20 Å². The first-order valence-electron chi connectivity index (χ1n) is 4.98. The Morgan fingerprint density at radius 2 is 2.27 bits per heavy atom. The Morgan fingerprint density at radius 1 is 1.60 bits per heavy atom. The third kappa shape index (κ3) is 3.81. The molecule has 1 aromatic heterocycles. The SMILES string of the molecule is Cc1c(Cl)cnn1CC(O)COC(C)C. The number of hydrogen-bond donors (Lipinski definition) is 1. The second kappa shape index (κ2) is 5.49. The molecule has 1 heterocycles. The Morgan fingerprint density at radius 3 is 2.73 bits per heavy atom. The maximum atomic E-state index is 9.66. The standard InChI is InChI=1S/C10H17ClN2O2/c1-7(2)15-6-9(14)5-13-8(3)10(11)4-12-13/h4,7,9,14H,5-6H2,1-3H3. The van der Waals surface area contributed by atoms with Gasteiger partial charge < -0.3 is 9.84 Å². The van der Waals surface area contributed by atoms with Crippen molar-refractivity contribution in [2.45, 2.75) is 39.5 Å². The number of aliphatic hydroxyl groups is 1. The van der Waals surface area contributed by atoms with E-state index in [0.717, 1.165) is 5.69 Å². The summed E-state index contributed by atoms with van der Waals surface area (Å²) in [5, 5.41) is 14.3. The van der Waals surface area contributed by atoms with Crippen LogP contribution >= 0.6 is 11.6 Å². The molecule has 4 nitrogen and oxygen atoms in total. The highest BCUT2D eigenvalue weighted by Crippen LogP contribution is 2.13. The van der Waals surface area contributed by atoms with Crippen molar-refractivity contribution < 1.29 is 9.84 Å². The van der Waals surface area contributed by atoms with Gasteiger partial charge in [0.1, 0.15) is 0 Å². The van der Waals surface area contributed by atoms with Gasteiger partial charge in [0, 0.05) is 0 Å². The first-order chi connectivity index (χ1) is 7.00. The van der Waals surface area contributed by atoms with Gasteiger partial charge in [0.05, 0.1) is 42.3 Å². The molecule has 1 rings (SSSR count). The molecule has 0 bridgehead atoms. The third-order valence-corrected chi connectivity index (χ3v) is 2.42. The molecule has 0 saturated carbocycles. The lowest BCUT2D eigenvalue weighted by Crippen LogP contribution is -2.24. The lowest BCUT2D eigenvalue weighted by Gasteiger charge is -2.14. The number of aliphatic hydroxyl groups excluding tert-OH is 1. The van der Waals surface area contributed by atoms with Crippen molar-refractivity contribution in [1.82, 2.24) is 9.78 Å². The molecule has 0 radical (unpaired) electrons. The van der Waals surface area contributed by atoms with Crippen LogP contribution in [0.1, 0.15) is 19.5 Å². The average Bonchev–Trinajstić information content (AvgIpc) is 2.47. The molecular formula is C10H17ClN2O2. The topological polar surface area (TPSA) is 47.3 Å². The van der Waals surface area contributed by atoms with E-state index >= 15 is 0 Å². The van der Waals surface area contributed by atoms with Crippen molar-refractivity contribution in [1.29, 1.82) is 0 Å². The highest BCUT2D eigenvalue weighted by molar-refractivity contribution is 6.31. The molecule has 15 heavy (non-hydrogen) atoms. The molecule has 0 fully saturated rings. The van der Waals surface area contributed by atoms with Gasteiger partial charge in [-0.05, 0) is 20.8 Å².